The molecule has 0 radical (unpaired) electrons. The number of rotatable bonds is 9. The standard InChI is InChI=1S/C22H31N3O4S/c1-15-16(2)25(13-18-7-6-10-29-18)22(23-15)30-14-21(26)24(3)12-17-8-9-19(27-4)20(11-17)28-5/h8-9,11,18H,6-7,10,12-14H2,1-5H3. The maximum atomic E-state index is 12.7. The monoisotopic (exact) mass is 433 g/mol. The van der Waals surface area contributed by atoms with Gasteiger partial charge in [0.25, 0.3) is 0 Å². The fraction of sp³-hybridized carbons (Fsp3) is 0.545. The van der Waals surface area contributed by atoms with Crippen molar-refractivity contribution >= 4 is 17.7 Å². The number of aryl methyl sites for hydroxylation is 1. The zero-order valence-corrected chi connectivity index (χ0v) is 19.3. The summed E-state index contributed by atoms with van der Waals surface area (Å²) in [6.07, 6.45) is 2.42. The molecule has 1 aliphatic rings. The highest BCUT2D eigenvalue weighted by Gasteiger charge is 2.21. The molecule has 7 nitrogen and oxygen atoms in total. The molecule has 2 heterocycles. The Morgan fingerprint density at radius 2 is 2.07 bits per heavy atom. The summed E-state index contributed by atoms with van der Waals surface area (Å²) < 4.78 is 18.6. The number of hydrogen-bond acceptors (Lipinski definition) is 6. The Kier molecular flexibility index (Phi) is 7.66. The lowest BCUT2D eigenvalue weighted by molar-refractivity contribution is -0.127. The van der Waals surface area contributed by atoms with Gasteiger partial charge in [0.1, 0.15) is 0 Å². The maximum absolute atomic E-state index is 12.7. The van der Waals surface area contributed by atoms with Gasteiger partial charge in [-0.25, -0.2) is 4.98 Å². The number of amides is 1. The highest BCUT2D eigenvalue weighted by molar-refractivity contribution is 7.99. The van der Waals surface area contributed by atoms with E-state index in [-0.39, 0.29) is 12.0 Å². The van der Waals surface area contributed by atoms with Crippen LogP contribution >= 0.6 is 11.8 Å². The van der Waals surface area contributed by atoms with Crippen LogP contribution in [0.3, 0.4) is 0 Å². The van der Waals surface area contributed by atoms with Crippen molar-refractivity contribution in [3.05, 3.63) is 35.2 Å². The van der Waals surface area contributed by atoms with Gasteiger partial charge in [0.2, 0.25) is 5.91 Å². The Balaban J connectivity index is 1.60. The number of hydrogen-bond donors (Lipinski definition) is 0. The Morgan fingerprint density at radius 1 is 1.30 bits per heavy atom. The van der Waals surface area contributed by atoms with E-state index in [2.05, 4.69) is 16.5 Å². The van der Waals surface area contributed by atoms with Crippen LogP contribution < -0.4 is 9.47 Å². The average Bonchev–Trinajstić information content (AvgIpc) is 3.35. The number of methoxy groups -OCH3 is 2. The van der Waals surface area contributed by atoms with Crippen LogP contribution in [0.4, 0.5) is 0 Å². The fourth-order valence-corrected chi connectivity index (χ4v) is 4.56. The van der Waals surface area contributed by atoms with Crippen molar-refractivity contribution in [3.63, 3.8) is 0 Å². The molecule has 2 aromatic rings. The second-order valence-electron chi connectivity index (χ2n) is 7.54. The van der Waals surface area contributed by atoms with Crippen molar-refractivity contribution in [2.75, 3.05) is 33.6 Å². The van der Waals surface area contributed by atoms with Gasteiger partial charge >= 0.3 is 0 Å². The number of nitrogens with zero attached hydrogens (tertiary/aromatic N) is 3. The number of ether oxygens (including phenoxy) is 3. The quantitative estimate of drug-likeness (QED) is 0.565. The first-order chi connectivity index (χ1) is 14.4. The predicted molar refractivity (Wildman–Crippen MR) is 117 cm³/mol. The van der Waals surface area contributed by atoms with Gasteiger partial charge < -0.3 is 23.7 Å². The summed E-state index contributed by atoms with van der Waals surface area (Å²) in [5.74, 6) is 1.73. The van der Waals surface area contributed by atoms with Crippen LogP contribution in [0.25, 0.3) is 0 Å². The molecule has 0 spiro atoms. The summed E-state index contributed by atoms with van der Waals surface area (Å²) in [5.41, 5.74) is 3.13. The van der Waals surface area contributed by atoms with E-state index < -0.39 is 0 Å². The largest absolute Gasteiger partial charge is 0.493 e. The van der Waals surface area contributed by atoms with Crippen molar-refractivity contribution in [3.8, 4) is 11.5 Å². The molecule has 0 saturated carbocycles. The normalized spacial score (nSPS) is 16.0. The lowest BCUT2D eigenvalue weighted by Crippen LogP contribution is -2.28. The van der Waals surface area contributed by atoms with E-state index in [0.29, 0.717) is 23.8 Å². The van der Waals surface area contributed by atoms with Crippen molar-refractivity contribution in [1.29, 1.82) is 0 Å². The summed E-state index contributed by atoms with van der Waals surface area (Å²) in [7, 11) is 5.03. The van der Waals surface area contributed by atoms with Crippen LogP contribution in [0.15, 0.2) is 23.4 Å². The van der Waals surface area contributed by atoms with E-state index in [1.807, 2.05) is 32.2 Å². The van der Waals surface area contributed by atoms with Crippen molar-refractivity contribution < 1.29 is 19.0 Å². The highest BCUT2D eigenvalue weighted by Crippen LogP contribution is 2.28. The van der Waals surface area contributed by atoms with Crippen LogP contribution in [0.5, 0.6) is 11.5 Å². The summed E-state index contributed by atoms with van der Waals surface area (Å²) >= 11 is 1.49. The van der Waals surface area contributed by atoms with E-state index in [1.165, 1.54) is 11.8 Å². The number of aromatic nitrogens is 2. The van der Waals surface area contributed by atoms with Gasteiger partial charge in [-0.15, -0.1) is 0 Å². The van der Waals surface area contributed by atoms with Crippen molar-refractivity contribution in [2.45, 2.75) is 51.0 Å². The molecular weight excluding hydrogens is 402 g/mol. The summed E-state index contributed by atoms with van der Waals surface area (Å²) in [4.78, 5) is 19.1. The summed E-state index contributed by atoms with van der Waals surface area (Å²) in [6.45, 7) is 6.22. The second kappa shape index (κ2) is 10.2. The Hall–Kier alpha value is -2.19. The molecule has 1 amide bonds. The third-order valence-electron chi connectivity index (χ3n) is 5.45. The van der Waals surface area contributed by atoms with Crippen LogP contribution in [-0.4, -0.2) is 60.1 Å². The number of carbonyl (C=O) groups excluding carboxylic acids is 1. The number of benzene rings is 1. The van der Waals surface area contributed by atoms with E-state index in [0.717, 1.165) is 48.1 Å². The molecule has 1 saturated heterocycles. The van der Waals surface area contributed by atoms with E-state index in [4.69, 9.17) is 14.2 Å². The molecule has 0 bridgehead atoms. The predicted octanol–water partition coefficient (Wildman–Crippen LogP) is 3.45. The van der Waals surface area contributed by atoms with E-state index in [1.54, 1.807) is 19.1 Å². The highest BCUT2D eigenvalue weighted by atomic mass is 32.2. The van der Waals surface area contributed by atoms with Crippen LogP contribution in [0.1, 0.15) is 29.8 Å². The zero-order chi connectivity index (χ0) is 21.7. The molecule has 1 atom stereocenters. The van der Waals surface area contributed by atoms with Crippen molar-refractivity contribution in [2.24, 2.45) is 0 Å². The lowest BCUT2D eigenvalue weighted by atomic mass is 10.2. The van der Waals surface area contributed by atoms with Gasteiger partial charge in [0.15, 0.2) is 16.7 Å². The number of carbonyl (C=O) groups is 1. The average molecular weight is 434 g/mol. The SMILES string of the molecule is COc1ccc(CN(C)C(=O)CSc2nc(C)c(C)n2CC2CCCO2)cc1OC. The third-order valence-corrected chi connectivity index (χ3v) is 6.41. The van der Waals surface area contributed by atoms with Gasteiger partial charge in [-0.2, -0.15) is 0 Å². The minimum Gasteiger partial charge on any atom is -0.493 e. The summed E-state index contributed by atoms with van der Waals surface area (Å²) in [6, 6.07) is 5.70. The lowest BCUT2D eigenvalue weighted by Gasteiger charge is -2.19. The van der Waals surface area contributed by atoms with E-state index >= 15 is 0 Å². The van der Waals surface area contributed by atoms with Gasteiger partial charge in [0, 0.05) is 25.9 Å². The van der Waals surface area contributed by atoms with Crippen LogP contribution in [-0.2, 0) is 22.6 Å². The second-order valence-corrected chi connectivity index (χ2v) is 8.48. The zero-order valence-electron chi connectivity index (χ0n) is 18.4. The number of thioether (sulfide) groups is 1. The van der Waals surface area contributed by atoms with Gasteiger partial charge in [-0.1, -0.05) is 17.8 Å². The topological polar surface area (TPSA) is 65.8 Å². The Bertz CT molecular complexity index is 878. The minimum absolute atomic E-state index is 0.0526. The molecule has 1 aromatic heterocycles. The Labute approximate surface area is 182 Å². The fourth-order valence-electron chi connectivity index (χ4n) is 3.52. The molecule has 1 aromatic carbocycles. The van der Waals surface area contributed by atoms with Gasteiger partial charge in [-0.3, -0.25) is 4.79 Å². The smallest absolute Gasteiger partial charge is 0.233 e. The summed E-state index contributed by atoms with van der Waals surface area (Å²) in [5, 5.41) is 0.883. The molecule has 1 unspecified atom stereocenters. The molecule has 30 heavy (non-hydrogen) atoms. The first kappa shape index (κ1) is 22.5. The molecule has 1 aliphatic heterocycles. The molecule has 1 fully saturated rings. The molecule has 8 heteroatoms. The molecule has 3 rings (SSSR count). The third kappa shape index (κ3) is 5.29. The minimum atomic E-state index is 0.0526. The molecule has 0 N–H and O–H groups in total. The first-order valence-corrected chi connectivity index (χ1v) is 11.1. The van der Waals surface area contributed by atoms with E-state index in [9.17, 15) is 4.79 Å². The van der Waals surface area contributed by atoms with Crippen molar-refractivity contribution in [1.82, 2.24) is 14.5 Å². The van der Waals surface area contributed by atoms with Crippen LogP contribution in [0, 0.1) is 13.8 Å². The van der Waals surface area contributed by atoms with Gasteiger partial charge in [-0.05, 0) is 44.4 Å². The Morgan fingerprint density at radius 3 is 2.73 bits per heavy atom. The maximum Gasteiger partial charge on any atom is 0.233 e. The first-order valence-electron chi connectivity index (χ1n) is 10.2. The molecular formula is C22H31N3O4S. The van der Waals surface area contributed by atoms with Crippen LogP contribution in [0.2, 0.25) is 0 Å². The molecule has 0 aliphatic carbocycles. The van der Waals surface area contributed by atoms with Gasteiger partial charge in [0.05, 0.1) is 38.3 Å². The number of imidazole rings is 1. The molecule has 164 valence electrons.